The molecular formula is C20H26N2O4. The molecule has 140 valence electrons. The third-order valence-electron chi connectivity index (χ3n) is 4.34. The molecule has 1 N–H and O–H groups in total. The number of nitrogens with zero attached hydrogens (tertiary/aromatic N) is 1. The summed E-state index contributed by atoms with van der Waals surface area (Å²) in [4.78, 5) is 12.9. The minimum absolute atomic E-state index is 0.239. The summed E-state index contributed by atoms with van der Waals surface area (Å²) >= 11 is 0. The van der Waals surface area contributed by atoms with E-state index in [4.69, 9.17) is 9.47 Å². The summed E-state index contributed by atoms with van der Waals surface area (Å²) in [6.45, 7) is 10.4. The summed E-state index contributed by atoms with van der Waals surface area (Å²) < 4.78 is 11.7. The molecule has 0 radical (unpaired) electrons. The molecule has 2 rings (SSSR count). The number of hydrogen-bond acceptors (Lipinski definition) is 4. The van der Waals surface area contributed by atoms with Crippen molar-refractivity contribution >= 4 is 11.6 Å². The van der Waals surface area contributed by atoms with Crippen LogP contribution in [0.5, 0.6) is 5.75 Å². The lowest BCUT2D eigenvalue weighted by atomic mass is 10.1. The number of aryl methyl sites for hydroxylation is 2. The maximum Gasteiger partial charge on any atom is 0.265 e. The Morgan fingerprint density at radius 2 is 1.92 bits per heavy atom. The molecule has 2 aromatic rings. The van der Waals surface area contributed by atoms with E-state index in [1.54, 1.807) is 19.9 Å². The van der Waals surface area contributed by atoms with Crippen molar-refractivity contribution in [1.82, 2.24) is 0 Å². The Morgan fingerprint density at radius 1 is 1.19 bits per heavy atom. The Morgan fingerprint density at radius 3 is 2.62 bits per heavy atom. The summed E-state index contributed by atoms with van der Waals surface area (Å²) in [5, 5.41) is 15.1. The van der Waals surface area contributed by atoms with Crippen LogP contribution in [0.15, 0.2) is 24.3 Å². The van der Waals surface area contributed by atoms with Gasteiger partial charge in [0.15, 0.2) is 5.69 Å². The van der Waals surface area contributed by atoms with Crippen LogP contribution in [0.2, 0.25) is 0 Å². The summed E-state index contributed by atoms with van der Waals surface area (Å²) in [6.07, 6.45) is 0. The molecule has 1 heterocycles. The van der Waals surface area contributed by atoms with Crippen molar-refractivity contribution in [3.8, 4) is 5.75 Å². The van der Waals surface area contributed by atoms with E-state index >= 15 is 0 Å². The number of aromatic nitrogens is 1. The zero-order valence-corrected chi connectivity index (χ0v) is 16.0. The van der Waals surface area contributed by atoms with Crippen molar-refractivity contribution in [1.29, 1.82) is 0 Å². The Kier molecular flexibility index (Phi) is 6.58. The Hall–Kier alpha value is -2.60. The average molecular weight is 358 g/mol. The number of carbonyl (C=O) groups is 1. The quantitative estimate of drug-likeness (QED) is 0.468. The molecule has 0 aliphatic rings. The van der Waals surface area contributed by atoms with Crippen molar-refractivity contribution in [3.05, 3.63) is 57.6 Å². The highest BCUT2D eigenvalue weighted by Crippen LogP contribution is 2.24. The SMILES string of the molecule is CCOCCOc1cc(C)[n+]([O-])c(C)c1C(=O)Nc1cccc(C)c1C. The lowest BCUT2D eigenvalue weighted by Gasteiger charge is -2.16. The van der Waals surface area contributed by atoms with Crippen LogP contribution in [-0.4, -0.2) is 25.7 Å². The van der Waals surface area contributed by atoms with Crippen LogP contribution in [0.25, 0.3) is 0 Å². The second kappa shape index (κ2) is 8.67. The fourth-order valence-electron chi connectivity index (χ4n) is 2.68. The number of anilines is 1. The number of rotatable bonds is 7. The van der Waals surface area contributed by atoms with Crippen molar-refractivity contribution < 1.29 is 19.0 Å². The first-order chi connectivity index (χ1) is 12.4. The highest BCUT2D eigenvalue weighted by molar-refractivity contribution is 6.07. The number of pyridine rings is 1. The average Bonchev–Trinajstić information content (AvgIpc) is 2.60. The largest absolute Gasteiger partial charge is 0.618 e. The zero-order chi connectivity index (χ0) is 19.3. The van der Waals surface area contributed by atoms with E-state index < -0.39 is 0 Å². The van der Waals surface area contributed by atoms with Gasteiger partial charge in [-0.05, 0) is 38.0 Å². The monoisotopic (exact) mass is 358 g/mol. The lowest BCUT2D eigenvalue weighted by molar-refractivity contribution is -0.619. The number of ether oxygens (including phenoxy) is 2. The standard InChI is InChI=1S/C20H26N2O4/c1-6-25-10-11-26-18-12-14(3)22(24)16(5)19(18)20(23)21-17-9-7-8-13(2)15(17)4/h7-9,12H,6,10-11H2,1-5H3,(H,21,23). The Bertz CT molecular complexity index is 803. The molecule has 0 saturated carbocycles. The zero-order valence-electron chi connectivity index (χ0n) is 16.0. The van der Waals surface area contributed by atoms with Gasteiger partial charge >= 0.3 is 0 Å². The number of carbonyl (C=O) groups excluding carboxylic acids is 1. The third kappa shape index (κ3) is 4.32. The van der Waals surface area contributed by atoms with Gasteiger partial charge in [-0.15, -0.1) is 0 Å². The molecule has 6 heteroatoms. The Labute approximate surface area is 154 Å². The lowest BCUT2D eigenvalue weighted by Crippen LogP contribution is -2.37. The first-order valence-electron chi connectivity index (χ1n) is 8.68. The summed E-state index contributed by atoms with van der Waals surface area (Å²) in [5.74, 6) is 0.0156. The highest BCUT2D eigenvalue weighted by Gasteiger charge is 2.24. The van der Waals surface area contributed by atoms with E-state index in [9.17, 15) is 10.0 Å². The number of hydrogen-bond donors (Lipinski definition) is 1. The molecule has 0 atom stereocenters. The van der Waals surface area contributed by atoms with Gasteiger partial charge in [-0.2, -0.15) is 4.73 Å². The van der Waals surface area contributed by atoms with Gasteiger partial charge in [-0.3, -0.25) is 4.79 Å². The van der Waals surface area contributed by atoms with Crippen molar-refractivity contribution in [2.45, 2.75) is 34.6 Å². The predicted molar refractivity (Wildman–Crippen MR) is 101 cm³/mol. The molecule has 1 amide bonds. The molecule has 6 nitrogen and oxygen atoms in total. The van der Waals surface area contributed by atoms with Gasteiger partial charge in [0.1, 0.15) is 17.9 Å². The minimum Gasteiger partial charge on any atom is -0.618 e. The summed E-state index contributed by atoms with van der Waals surface area (Å²) in [5.41, 5.74) is 3.79. The van der Waals surface area contributed by atoms with Gasteiger partial charge in [0, 0.05) is 32.2 Å². The molecule has 0 bridgehead atoms. The van der Waals surface area contributed by atoms with E-state index in [-0.39, 0.29) is 11.5 Å². The minimum atomic E-state index is -0.368. The molecular weight excluding hydrogens is 332 g/mol. The number of benzene rings is 1. The van der Waals surface area contributed by atoms with Gasteiger partial charge in [-0.1, -0.05) is 12.1 Å². The van der Waals surface area contributed by atoms with Gasteiger partial charge in [0.25, 0.3) is 5.91 Å². The van der Waals surface area contributed by atoms with Gasteiger partial charge in [-0.25, -0.2) is 0 Å². The summed E-state index contributed by atoms with van der Waals surface area (Å²) in [6, 6.07) is 7.29. The molecule has 0 aliphatic heterocycles. The van der Waals surface area contributed by atoms with Gasteiger partial charge in [0.2, 0.25) is 5.69 Å². The second-order valence-corrected chi connectivity index (χ2v) is 6.15. The fraction of sp³-hybridized carbons (Fsp3) is 0.400. The van der Waals surface area contributed by atoms with Gasteiger partial charge in [0.05, 0.1) is 6.61 Å². The molecule has 1 aromatic carbocycles. The van der Waals surface area contributed by atoms with Crippen LogP contribution in [-0.2, 0) is 4.74 Å². The van der Waals surface area contributed by atoms with Crippen molar-refractivity contribution in [2.75, 3.05) is 25.1 Å². The summed E-state index contributed by atoms with van der Waals surface area (Å²) in [7, 11) is 0. The molecule has 26 heavy (non-hydrogen) atoms. The van der Waals surface area contributed by atoms with Crippen molar-refractivity contribution in [3.63, 3.8) is 0 Å². The molecule has 0 spiro atoms. The molecule has 0 unspecified atom stereocenters. The van der Waals surface area contributed by atoms with Crippen LogP contribution >= 0.6 is 0 Å². The number of nitrogens with one attached hydrogen (secondary N) is 1. The smallest absolute Gasteiger partial charge is 0.265 e. The molecule has 0 aliphatic carbocycles. The normalized spacial score (nSPS) is 10.7. The van der Waals surface area contributed by atoms with E-state index in [1.165, 1.54) is 0 Å². The van der Waals surface area contributed by atoms with Crippen LogP contribution in [0.3, 0.4) is 0 Å². The maximum absolute atomic E-state index is 12.9. The topological polar surface area (TPSA) is 74.5 Å². The number of amides is 1. The first kappa shape index (κ1) is 19.7. The fourth-order valence-corrected chi connectivity index (χ4v) is 2.68. The predicted octanol–water partition coefficient (Wildman–Crippen LogP) is 3.22. The van der Waals surface area contributed by atoms with E-state index in [0.717, 1.165) is 15.9 Å². The Balaban J connectivity index is 2.34. The maximum atomic E-state index is 12.9. The molecule has 1 aromatic heterocycles. The second-order valence-electron chi connectivity index (χ2n) is 6.15. The van der Waals surface area contributed by atoms with Crippen LogP contribution in [0, 0.1) is 32.9 Å². The molecule has 0 fully saturated rings. The van der Waals surface area contributed by atoms with Crippen molar-refractivity contribution in [2.24, 2.45) is 0 Å². The van der Waals surface area contributed by atoms with E-state index in [0.29, 0.717) is 42.6 Å². The van der Waals surface area contributed by atoms with Crippen LogP contribution in [0.4, 0.5) is 5.69 Å². The van der Waals surface area contributed by atoms with Gasteiger partial charge < -0.3 is 20.0 Å². The third-order valence-corrected chi connectivity index (χ3v) is 4.34. The van der Waals surface area contributed by atoms with E-state index in [2.05, 4.69) is 5.32 Å². The van der Waals surface area contributed by atoms with Crippen LogP contribution < -0.4 is 14.8 Å². The molecule has 0 saturated heterocycles. The van der Waals surface area contributed by atoms with Crippen LogP contribution in [0.1, 0.15) is 39.8 Å². The van der Waals surface area contributed by atoms with E-state index in [1.807, 2.05) is 39.0 Å². The highest BCUT2D eigenvalue weighted by atomic mass is 16.5. The first-order valence-corrected chi connectivity index (χ1v) is 8.68.